The number of benzene rings is 2. The van der Waals surface area contributed by atoms with E-state index in [2.05, 4.69) is 20.7 Å². The van der Waals surface area contributed by atoms with Crippen LogP contribution in [0.3, 0.4) is 0 Å². The summed E-state index contributed by atoms with van der Waals surface area (Å²) in [7, 11) is 1.27. The van der Waals surface area contributed by atoms with E-state index in [-0.39, 0.29) is 6.61 Å². The number of carbonyl (C=O) groups is 1. The van der Waals surface area contributed by atoms with Gasteiger partial charge in [-0.2, -0.15) is 0 Å². The average Bonchev–Trinajstić information content (AvgIpc) is 2.62. The molecule has 2 N–H and O–H groups in total. The maximum absolute atomic E-state index is 11.1. The lowest BCUT2D eigenvalue weighted by Gasteiger charge is -2.11. The van der Waals surface area contributed by atoms with Crippen molar-refractivity contribution in [2.45, 2.75) is 13.5 Å². The van der Waals surface area contributed by atoms with Crippen LogP contribution in [0.5, 0.6) is 0 Å². The molecule has 2 aromatic carbocycles. The molecule has 0 unspecified atom stereocenters. The van der Waals surface area contributed by atoms with Crippen LogP contribution >= 0.6 is 23.2 Å². The zero-order chi connectivity index (χ0) is 18.2. The molecule has 25 heavy (non-hydrogen) atoms. The first-order valence-corrected chi connectivity index (χ1v) is 8.06. The van der Waals surface area contributed by atoms with E-state index >= 15 is 0 Å². The van der Waals surface area contributed by atoms with E-state index in [0.717, 1.165) is 11.1 Å². The van der Waals surface area contributed by atoms with E-state index in [0.29, 0.717) is 21.4 Å². The number of hydrazine groups is 1. The standard InChI is InChI=1S/C17H17Cl2N3O3/c1-11(22-25-10-13-5-3-4-6-14(13)18)12-7-8-15(19)16(9-12)20-21-17(23)24-2/h3-9,20H,10H2,1-2H3,(H,21,23)/b22-11-. The number of anilines is 1. The van der Waals surface area contributed by atoms with Crippen LogP contribution in [0.4, 0.5) is 10.5 Å². The second kappa shape index (κ2) is 9.15. The first-order chi connectivity index (χ1) is 12.0. The number of oxime groups is 1. The van der Waals surface area contributed by atoms with Crippen LogP contribution < -0.4 is 10.9 Å². The van der Waals surface area contributed by atoms with Crippen LogP contribution in [-0.4, -0.2) is 18.9 Å². The Bertz CT molecular complexity index is 781. The molecule has 0 fully saturated rings. The fourth-order valence-corrected chi connectivity index (χ4v) is 2.24. The van der Waals surface area contributed by atoms with Gasteiger partial charge in [-0.1, -0.05) is 52.6 Å². The number of nitrogens with one attached hydrogen (secondary N) is 2. The number of nitrogens with zero attached hydrogens (tertiary/aromatic N) is 1. The molecular weight excluding hydrogens is 365 g/mol. The van der Waals surface area contributed by atoms with Crippen LogP contribution in [0.2, 0.25) is 10.0 Å². The monoisotopic (exact) mass is 381 g/mol. The van der Waals surface area contributed by atoms with E-state index in [1.807, 2.05) is 18.2 Å². The summed E-state index contributed by atoms with van der Waals surface area (Å²) in [5, 5.41) is 5.15. The van der Waals surface area contributed by atoms with Gasteiger partial charge >= 0.3 is 6.09 Å². The van der Waals surface area contributed by atoms with E-state index in [1.165, 1.54) is 7.11 Å². The van der Waals surface area contributed by atoms with Crippen molar-refractivity contribution >= 4 is 40.7 Å². The van der Waals surface area contributed by atoms with Gasteiger partial charge < -0.3 is 9.57 Å². The highest BCUT2D eigenvalue weighted by molar-refractivity contribution is 6.33. The summed E-state index contributed by atoms with van der Waals surface area (Å²) >= 11 is 12.2. The molecule has 0 saturated carbocycles. The minimum atomic E-state index is -0.630. The third-order valence-corrected chi connectivity index (χ3v) is 3.95. The van der Waals surface area contributed by atoms with Gasteiger partial charge in [0.2, 0.25) is 0 Å². The van der Waals surface area contributed by atoms with Gasteiger partial charge in [-0.25, -0.2) is 10.2 Å². The second-order valence-corrected chi connectivity index (χ2v) is 5.79. The molecule has 132 valence electrons. The Kier molecular flexibility index (Phi) is 6.91. The van der Waals surface area contributed by atoms with Crippen molar-refractivity contribution in [3.8, 4) is 0 Å². The topological polar surface area (TPSA) is 72.0 Å². The van der Waals surface area contributed by atoms with Gasteiger partial charge in [-0.3, -0.25) is 5.43 Å². The molecule has 1 amide bonds. The average molecular weight is 382 g/mol. The largest absolute Gasteiger partial charge is 0.452 e. The number of hydrogen-bond donors (Lipinski definition) is 2. The summed E-state index contributed by atoms with van der Waals surface area (Å²) in [5.74, 6) is 0. The van der Waals surface area contributed by atoms with Gasteiger partial charge in [-0.15, -0.1) is 0 Å². The van der Waals surface area contributed by atoms with Crippen LogP contribution in [0, 0.1) is 0 Å². The molecule has 0 saturated heterocycles. The predicted octanol–water partition coefficient (Wildman–Crippen LogP) is 4.62. The minimum Gasteiger partial charge on any atom is -0.452 e. The quantitative estimate of drug-likeness (QED) is 0.565. The van der Waals surface area contributed by atoms with Crippen LogP contribution in [-0.2, 0) is 16.2 Å². The van der Waals surface area contributed by atoms with Gasteiger partial charge in [0.1, 0.15) is 6.61 Å². The lowest BCUT2D eigenvalue weighted by Crippen LogP contribution is -2.29. The van der Waals surface area contributed by atoms with Gasteiger partial charge in [-0.05, 0) is 25.1 Å². The first-order valence-electron chi connectivity index (χ1n) is 7.31. The fraction of sp³-hybridized carbons (Fsp3) is 0.176. The molecule has 2 rings (SSSR count). The minimum absolute atomic E-state index is 0.263. The Labute approximate surface area is 155 Å². The molecule has 8 heteroatoms. The van der Waals surface area contributed by atoms with Crippen molar-refractivity contribution in [2.24, 2.45) is 5.16 Å². The molecule has 0 aliphatic carbocycles. The molecule has 0 bridgehead atoms. The number of halogens is 2. The van der Waals surface area contributed by atoms with Crippen molar-refractivity contribution in [3.05, 3.63) is 63.6 Å². The molecule has 0 aliphatic heterocycles. The normalized spacial score (nSPS) is 11.0. The molecule has 0 spiro atoms. The Morgan fingerprint density at radius 2 is 1.92 bits per heavy atom. The highest BCUT2D eigenvalue weighted by atomic mass is 35.5. The van der Waals surface area contributed by atoms with Crippen LogP contribution in [0.15, 0.2) is 47.6 Å². The Balaban J connectivity index is 2.04. The number of carbonyl (C=O) groups excluding carboxylic acids is 1. The molecule has 0 radical (unpaired) electrons. The summed E-state index contributed by atoms with van der Waals surface area (Å²) in [6.07, 6.45) is -0.630. The van der Waals surface area contributed by atoms with Gasteiger partial charge in [0.15, 0.2) is 0 Å². The lowest BCUT2D eigenvalue weighted by molar-refractivity contribution is 0.130. The predicted molar refractivity (Wildman–Crippen MR) is 99.1 cm³/mol. The summed E-state index contributed by atoms with van der Waals surface area (Å²) in [5.41, 5.74) is 7.80. The lowest BCUT2D eigenvalue weighted by atomic mass is 10.1. The third kappa shape index (κ3) is 5.55. The highest BCUT2D eigenvalue weighted by Gasteiger charge is 2.07. The van der Waals surface area contributed by atoms with Crippen molar-refractivity contribution in [1.29, 1.82) is 0 Å². The molecule has 0 aliphatic rings. The van der Waals surface area contributed by atoms with Crippen molar-refractivity contribution in [1.82, 2.24) is 5.43 Å². The maximum Gasteiger partial charge on any atom is 0.425 e. The number of rotatable bonds is 6. The summed E-state index contributed by atoms with van der Waals surface area (Å²) in [4.78, 5) is 16.5. The van der Waals surface area contributed by atoms with E-state index < -0.39 is 6.09 Å². The summed E-state index contributed by atoms with van der Waals surface area (Å²) < 4.78 is 4.48. The molecule has 0 aromatic heterocycles. The second-order valence-electron chi connectivity index (χ2n) is 4.98. The van der Waals surface area contributed by atoms with Gasteiger partial charge in [0.05, 0.1) is 23.5 Å². The Morgan fingerprint density at radius 3 is 2.64 bits per heavy atom. The van der Waals surface area contributed by atoms with Gasteiger partial charge in [0, 0.05) is 16.1 Å². The SMILES string of the molecule is COC(=O)NNc1cc(/C(C)=N\OCc2ccccc2Cl)ccc1Cl. The summed E-state index contributed by atoms with van der Waals surface area (Å²) in [6, 6.07) is 12.6. The van der Waals surface area contributed by atoms with Gasteiger partial charge in [0.25, 0.3) is 0 Å². The molecular formula is C17H17Cl2N3O3. The fourth-order valence-electron chi connectivity index (χ4n) is 1.88. The zero-order valence-electron chi connectivity index (χ0n) is 13.7. The zero-order valence-corrected chi connectivity index (χ0v) is 15.2. The highest BCUT2D eigenvalue weighted by Crippen LogP contribution is 2.23. The van der Waals surface area contributed by atoms with Crippen molar-refractivity contribution in [3.63, 3.8) is 0 Å². The smallest absolute Gasteiger partial charge is 0.425 e. The molecule has 0 heterocycles. The third-order valence-electron chi connectivity index (χ3n) is 3.25. The number of methoxy groups -OCH3 is 1. The Hall–Kier alpha value is -2.44. The molecule has 2 aromatic rings. The number of amides is 1. The number of ether oxygens (including phenoxy) is 1. The first kappa shape index (κ1) is 18.9. The number of hydrogen-bond acceptors (Lipinski definition) is 5. The molecule has 0 atom stereocenters. The van der Waals surface area contributed by atoms with E-state index in [4.69, 9.17) is 28.0 Å². The van der Waals surface area contributed by atoms with E-state index in [9.17, 15) is 4.79 Å². The van der Waals surface area contributed by atoms with Crippen molar-refractivity contribution < 1.29 is 14.4 Å². The maximum atomic E-state index is 11.1. The van der Waals surface area contributed by atoms with E-state index in [1.54, 1.807) is 31.2 Å². The summed E-state index contributed by atoms with van der Waals surface area (Å²) in [6.45, 7) is 2.06. The van der Waals surface area contributed by atoms with Crippen LogP contribution in [0.1, 0.15) is 18.1 Å². The Morgan fingerprint density at radius 1 is 1.16 bits per heavy atom. The van der Waals surface area contributed by atoms with Crippen LogP contribution in [0.25, 0.3) is 0 Å². The van der Waals surface area contributed by atoms with Crippen molar-refractivity contribution in [2.75, 3.05) is 12.5 Å². The molecule has 6 nitrogen and oxygen atoms in total.